The van der Waals surface area contributed by atoms with Crippen LogP contribution in [-0.2, 0) is 13.6 Å². The molecule has 0 radical (unpaired) electrons. The number of tetrazole rings is 1. The molecule has 2 aromatic rings. The van der Waals surface area contributed by atoms with E-state index in [4.69, 9.17) is 5.26 Å². The molecule has 0 aliphatic carbocycles. The van der Waals surface area contributed by atoms with Crippen LogP contribution in [0.4, 0.5) is 5.69 Å². The van der Waals surface area contributed by atoms with Crippen molar-refractivity contribution < 1.29 is 0 Å². The third-order valence-corrected chi connectivity index (χ3v) is 2.37. The van der Waals surface area contributed by atoms with Gasteiger partial charge in [0, 0.05) is 12.7 Å². The molecule has 0 aliphatic heterocycles. The summed E-state index contributed by atoms with van der Waals surface area (Å²) in [5, 5.41) is 20.5. The fourth-order valence-corrected chi connectivity index (χ4v) is 1.48. The summed E-state index contributed by atoms with van der Waals surface area (Å²) in [6.45, 7) is 0.583. The van der Waals surface area contributed by atoms with Crippen LogP contribution < -0.4 is 4.90 Å². The molecule has 0 N–H and O–H groups in total. The molecule has 0 amide bonds. The molecule has 1 aromatic carbocycles. The highest BCUT2D eigenvalue weighted by Gasteiger charge is 2.06. The summed E-state index contributed by atoms with van der Waals surface area (Å²) < 4.78 is 0. The summed E-state index contributed by atoms with van der Waals surface area (Å²) in [7, 11) is 3.68. The Morgan fingerprint density at radius 3 is 2.59 bits per heavy atom. The molecule has 1 aromatic heterocycles. The lowest BCUT2D eigenvalue weighted by atomic mass is 10.2. The number of anilines is 1. The number of rotatable bonds is 3. The summed E-state index contributed by atoms with van der Waals surface area (Å²) in [5.41, 5.74) is 1.66. The van der Waals surface area contributed by atoms with Gasteiger partial charge in [-0.3, -0.25) is 0 Å². The quantitative estimate of drug-likeness (QED) is 0.774. The fraction of sp³-hybridized carbons (Fsp3) is 0.273. The van der Waals surface area contributed by atoms with Crippen molar-refractivity contribution in [2.45, 2.75) is 6.54 Å². The van der Waals surface area contributed by atoms with E-state index in [1.807, 2.05) is 24.1 Å². The van der Waals surface area contributed by atoms with E-state index in [1.165, 1.54) is 4.80 Å². The number of aryl methyl sites for hydroxylation is 1. The van der Waals surface area contributed by atoms with Crippen molar-refractivity contribution in [1.29, 1.82) is 5.26 Å². The van der Waals surface area contributed by atoms with Crippen LogP contribution in [0.3, 0.4) is 0 Å². The van der Waals surface area contributed by atoms with Crippen molar-refractivity contribution in [2.24, 2.45) is 7.05 Å². The highest BCUT2D eigenvalue weighted by Crippen LogP contribution is 2.14. The van der Waals surface area contributed by atoms with E-state index < -0.39 is 0 Å². The number of hydrogen-bond acceptors (Lipinski definition) is 5. The zero-order valence-electron chi connectivity index (χ0n) is 9.70. The summed E-state index contributed by atoms with van der Waals surface area (Å²) in [6, 6.07) is 9.46. The lowest BCUT2D eigenvalue weighted by molar-refractivity contribution is 0.627. The monoisotopic (exact) mass is 228 g/mol. The van der Waals surface area contributed by atoms with Crippen molar-refractivity contribution >= 4 is 5.69 Å². The van der Waals surface area contributed by atoms with Crippen LogP contribution >= 0.6 is 0 Å². The first kappa shape index (κ1) is 11.1. The first-order valence-corrected chi connectivity index (χ1v) is 5.13. The molecule has 0 atom stereocenters. The van der Waals surface area contributed by atoms with Crippen LogP contribution in [0.15, 0.2) is 24.3 Å². The molecule has 86 valence electrons. The van der Waals surface area contributed by atoms with Crippen LogP contribution in [0.1, 0.15) is 11.4 Å². The van der Waals surface area contributed by atoms with Gasteiger partial charge in [0.25, 0.3) is 0 Å². The topological polar surface area (TPSA) is 70.6 Å². The zero-order chi connectivity index (χ0) is 12.3. The van der Waals surface area contributed by atoms with Gasteiger partial charge in [-0.25, -0.2) is 0 Å². The molecule has 0 bridgehead atoms. The second-order valence-electron chi connectivity index (χ2n) is 3.71. The Balaban J connectivity index is 2.09. The Bertz CT molecular complexity index is 536. The van der Waals surface area contributed by atoms with Crippen LogP contribution in [0.25, 0.3) is 0 Å². The number of benzene rings is 1. The standard InChI is InChI=1S/C11H12N6/c1-16(8-11-13-15-17(2)14-11)10-5-3-9(7-12)4-6-10/h3-6H,8H2,1-2H3. The second kappa shape index (κ2) is 4.61. The Morgan fingerprint density at radius 2 is 2.06 bits per heavy atom. The average Bonchev–Trinajstić information content (AvgIpc) is 2.75. The van der Waals surface area contributed by atoms with Gasteiger partial charge in [-0.05, 0) is 29.5 Å². The van der Waals surface area contributed by atoms with E-state index in [0.29, 0.717) is 17.9 Å². The summed E-state index contributed by atoms with van der Waals surface area (Å²) in [6.07, 6.45) is 0. The molecule has 1 heterocycles. The molecule has 0 saturated heterocycles. The van der Waals surface area contributed by atoms with Gasteiger partial charge in [0.15, 0.2) is 5.82 Å². The molecule has 6 nitrogen and oxygen atoms in total. The van der Waals surface area contributed by atoms with Crippen LogP contribution in [0, 0.1) is 11.3 Å². The molecule has 0 aliphatic rings. The molecule has 0 spiro atoms. The molecule has 2 rings (SSSR count). The van der Waals surface area contributed by atoms with Gasteiger partial charge in [0.1, 0.15) is 0 Å². The maximum atomic E-state index is 8.71. The summed E-state index contributed by atoms with van der Waals surface area (Å²) in [4.78, 5) is 3.43. The molecule has 17 heavy (non-hydrogen) atoms. The predicted octanol–water partition coefficient (Wildman–Crippen LogP) is 0.718. The number of aromatic nitrogens is 4. The normalized spacial score (nSPS) is 9.94. The number of nitriles is 1. The van der Waals surface area contributed by atoms with E-state index in [0.717, 1.165) is 5.69 Å². The lowest BCUT2D eigenvalue weighted by Gasteiger charge is -2.16. The van der Waals surface area contributed by atoms with Crippen LogP contribution in [-0.4, -0.2) is 27.3 Å². The summed E-state index contributed by atoms with van der Waals surface area (Å²) in [5.74, 6) is 0.666. The first-order chi connectivity index (χ1) is 8.19. The predicted molar refractivity (Wildman–Crippen MR) is 62.1 cm³/mol. The average molecular weight is 228 g/mol. The minimum atomic E-state index is 0.583. The smallest absolute Gasteiger partial charge is 0.193 e. The number of nitrogens with zero attached hydrogens (tertiary/aromatic N) is 6. The van der Waals surface area contributed by atoms with Gasteiger partial charge < -0.3 is 4.90 Å². The first-order valence-electron chi connectivity index (χ1n) is 5.13. The van der Waals surface area contributed by atoms with Gasteiger partial charge in [0.05, 0.1) is 25.2 Å². The molecule has 0 saturated carbocycles. The zero-order valence-corrected chi connectivity index (χ0v) is 9.70. The van der Waals surface area contributed by atoms with Gasteiger partial charge in [-0.2, -0.15) is 10.1 Å². The Morgan fingerprint density at radius 1 is 1.35 bits per heavy atom. The SMILES string of the molecule is CN(Cc1nnn(C)n1)c1ccc(C#N)cc1. The molecule has 6 heteroatoms. The Hall–Kier alpha value is -2.42. The summed E-state index contributed by atoms with van der Waals surface area (Å²) >= 11 is 0. The minimum absolute atomic E-state index is 0.583. The van der Waals surface area contributed by atoms with E-state index in [-0.39, 0.29) is 0 Å². The van der Waals surface area contributed by atoms with Crippen molar-refractivity contribution in [3.8, 4) is 6.07 Å². The largest absolute Gasteiger partial charge is 0.367 e. The van der Waals surface area contributed by atoms with Crippen molar-refractivity contribution in [2.75, 3.05) is 11.9 Å². The highest BCUT2D eigenvalue weighted by atomic mass is 15.6. The highest BCUT2D eigenvalue weighted by molar-refractivity contribution is 5.48. The molecule has 0 fully saturated rings. The van der Waals surface area contributed by atoms with Crippen molar-refractivity contribution in [3.05, 3.63) is 35.7 Å². The fourth-order valence-electron chi connectivity index (χ4n) is 1.48. The minimum Gasteiger partial charge on any atom is -0.367 e. The Kier molecular flexibility index (Phi) is 3.01. The maximum Gasteiger partial charge on any atom is 0.193 e. The van der Waals surface area contributed by atoms with Crippen molar-refractivity contribution in [1.82, 2.24) is 20.2 Å². The van der Waals surface area contributed by atoms with E-state index in [2.05, 4.69) is 21.5 Å². The second-order valence-corrected chi connectivity index (χ2v) is 3.71. The molecule has 0 unspecified atom stereocenters. The third-order valence-electron chi connectivity index (χ3n) is 2.37. The van der Waals surface area contributed by atoms with E-state index in [1.54, 1.807) is 19.2 Å². The van der Waals surface area contributed by atoms with E-state index in [9.17, 15) is 0 Å². The van der Waals surface area contributed by atoms with Gasteiger partial charge in [-0.15, -0.1) is 10.2 Å². The van der Waals surface area contributed by atoms with Gasteiger partial charge >= 0.3 is 0 Å². The van der Waals surface area contributed by atoms with E-state index >= 15 is 0 Å². The Labute approximate surface area is 99.1 Å². The van der Waals surface area contributed by atoms with Crippen molar-refractivity contribution in [3.63, 3.8) is 0 Å². The third kappa shape index (κ3) is 2.58. The molecular formula is C11H12N6. The van der Waals surface area contributed by atoms with Crippen LogP contribution in [0.5, 0.6) is 0 Å². The molecular weight excluding hydrogens is 216 g/mol. The number of hydrogen-bond donors (Lipinski definition) is 0. The van der Waals surface area contributed by atoms with Gasteiger partial charge in [0.2, 0.25) is 0 Å². The van der Waals surface area contributed by atoms with Gasteiger partial charge in [-0.1, -0.05) is 0 Å². The lowest BCUT2D eigenvalue weighted by Crippen LogP contribution is -2.17. The maximum absolute atomic E-state index is 8.71. The van der Waals surface area contributed by atoms with Crippen LogP contribution in [0.2, 0.25) is 0 Å².